The number of aryl methyl sites for hydroxylation is 1. The fraction of sp³-hybridized carbons (Fsp3) is 0.211. The number of halogens is 1. The minimum atomic E-state index is -0.259. The number of nitrogens with zero attached hydrogens (tertiary/aromatic N) is 1. The van der Waals surface area contributed by atoms with Gasteiger partial charge >= 0.3 is 0 Å². The number of amides is 1. The van der Waals surface area contributed by atoms with Gasteiger partial charge in [-0.05, 0) is 49.6 Å². The standard InChI is InChI=1S/C19H16FNOS/c1-11-10-13-6-3-4-8-15(13)21(11)19(22)18-12(2)17-14(20)7-5-9-16(17)23-18/h3-9,11H,10H2,1-2H3. The lowest BCUT2D eigenvalue weighted by Crippen LogP contribution is -2.35. The smallest absolute Gasteiger partial charge is 0.268 e. The van der Waals surface area contributed by atoms with Gasteiger partial charge in [-0.25, -0.2) is 4.39 Å². The van der Waals surface area contributed by atoms with E-state index in [9.17, 15) is 9.18 Å². The molecule has 0 radical (unpaired) electrons. The molecule has 4 heteroatoms. The molecule has 1 aliphatic rings. The SMILES string of the molecule is Cc1c(C(=O)N2c3ccccc3CC2C)sc2cccc(F)c12. The van der Waals surface area contributed by atoms with Crippen LogP contribution in [0.5, 0.6) is 0 Å². The minimum absolute atomic E-state index is 0.0273. The molecule has 2 heterocycles. The molecule has 23 heavy (non-hydrogen) atoms. The summed E-state index contributed by atoms with van der Waals surface area (Å²) in [5.41, 5.74) is 2.91. The number of carbonyl (C=O) groups is 1. The first-order valence-electron chi connectivity index (χ1n) is 7.67. The van der Waals surface area contributed by atoms with Crippen LogP contribution in [0.25, 0.3) is 10.1 Å². The van der Waals surface area contributed by atoms with Gasteiger partial charge in [0.15, 0.2) is 0 Å². The molecule has 0 fully saturated rings. The number of anilines is 1. The molecule has 1 aromatic heterocycles. The van der Waals surface area contributed by atoms with Gasteiger partial charge in [0.25, 0.3) is 5.91 Å². The zero-order valence-electron chi connectivity index (χ0n) is 13.0. The molecule has 1 aliphatic heterocycles. The van der Waals surface area contributed by atoms with Gasteiger partial charge in [-0.15, -0.1) is 11.3 Å². The Hall–Kier alpha value is -2.20. The predicted octanol–water partition coefficient (Wildman–Crippen LogP) is 4.94. The number of benzene rings is 2. The summed E-state index contributed by atoms with van der Waals surface area (Å²) in [6, 6.07) is 13.1. The van der Waals surface area contributed by atoms with Crippen LogP contribution in [-0.4, -0.2) is 11.9 Å². The number of carbonyl (C=O) groups excluding carboxylic acids is 1. The molecule has 0 saturated carbocycles. The van der Waals surface area contributed by atoms with Gasteiger partial charge in [-0.2, -0.15) is 0 Å². The lowest BCUT2D eigenvalue weighted by molar-refractivity contribution is 0.0985. The average molecular weight is 325 g/mol. The Balaban J connectivity index is 1.84. The molecular weight excluding hydrogens is 309 g/mol. The number of hydrogen-bond acceptors (Lipinski definition) is 2. The Morgan fingerprint density at radius 1 is 1.22 bits per heavy atom. The first kappa shape index (κ1) is 14.4. The Morgan fingerprint density at radius 3 is 2.78 bits per heavy atom. The highest BCUT2D eigenvalue weighted by atomic mass is 32.1. The van der Waals surface area contributed by atoms with E-state index in [1.807, 2.05) is 36.1 Å². The molecule has 1 atom stereocenters. The Labute approximate surface area is 138 Å². The van der Waals surface area contributed by atoms with Gasteiger partial charge in [0, 0.05) is 21.8 Å². The van der Waals surface area contributed by atoms with E-state index in [1.54, 1.807) is 6.07 Å². The fourth-order valence-electron chi connectivity index (χ4n) is 3.44. The fourth-order valence-corrected chi connectivity index (χ4v) is 4.60. The summed E-state index contributed by atoms with van der Waals surface area (Å²) in [5, 5.41) is 0.570. The van der Waals surface area contributed by atoms with Crippen LogP contribution < -0.4 is 4.90 Å². The molecule has 116 valence electrons. The van der Waals surface area contributed by atoms with E-state index in [2.05, 4.69) is 13.0 Å². The predicted molar refractivity (Wildman–Crippen MR) is 92.9 cm³/mol. The molecule has 0 saturated heterocycles. The molecule has 2 nitrogen and oxygen atoms in total. The summed E-state index contributed by atoms with van der Waals surface area (Å²) in [6.45, 7) is 3.89. The number of rotatable bonds is 1. The Bertz CT molecular complexity index is 930. The summed E-state index contributed by atoms with van der Waals surface area (Å²) in [5.74, 6) is -0.286. The molecule has 2 aromatic carbocycles. The Kier molecular flexibility index (Phi) is 3.23. The van der Waals surface area contributed by atoms with Crippen molar-refractivity contribution in [3.8, 4) is 0 Å². The summed E-state index contributed by atoms with van der Waals surface area (Å²) < 4.78 is 14.9. The van der Waals surface area contributed by atoms with Gasteiger partial charge in [-0.1, -0.05) is 24.3 Å². The molecular formula is C19H16FNOS. The number of para-hydroxylation sites is 1. The zero-order valence-corrected chi connectivity index (χ0v) is 13.8. The number of fused-ring (bicyclic) bond motifs is 2. The lowest BCUT2D eigenvalue weighted by atomic mass is 10.1. The zero-order chi connectivity index (χ0) is 16.1. The van der Waals surface area contributed by atoms with Crippen molar-refractivity contribution >= 4 is 33.0 Å². The molecule has 0 N–H and O–H groups in total. The van der Waals surface area contributed by atoms with E-state index >= 15 is 0 Å². The quantitative estimate of drug-likeness (QED) is 0.620. The highest BCUT2D eigenvalue weighted by molar-refractivity contribution is 7.21. The number of hydrogen-bond donors (Lipinski definition) is 0. The van der Waals surface area contributed by atoms with Crippen LogP contribution in [0, 0.1) is 12.7 Å². The van der Waals surface area contributed by atoms with Crippen molar-refractivity contribution in [1.29, 1.82) is 0 Å². The van der Waals surface area contributed by atoms with E-state index in [4.69, 9.17) is 0 Å². The summed E-state index contributed by atoms with van der Waals surface area (Å²) in [6.07, 6.45) is 0.861. The molecule has 1 amide bonds. The Morgan fingerprint density at radius 2 is 2.00 bits per heavy atom. The molecule has 0 spiro atoms. The molecule has 4 rings (SSSR count). The minimum Gasteiger partial charge on any atom is -0.304 e. The van der Waals surface area contributed by atoms with E-state index in [-0.39, 0.29) is 17.8 Å². The maximum atomic E-state index is 14.1. The van der Waals surface area contributed by atoms with Crippen LogP contribution >= 0.6 is 11.3 Å². The van der Waals surface area contributed by atoms with E-state index < -0.39 is 0 Å². The summed E-state index contributed by atoms with van der Waals surface area (Å²) in [4.78, 5) is 15.6. The van der Waals surface area contributed by atoms with Gasteiger partial charge in [-0.3, -0.25) is 4.79 Å². The largest absolute Gasteiger partial charge is 0.304 e. The summed E-state index contributed by atoms with van der Waals surface area (Å²) in [7, 11) is 0. The van der Waals surface area contributed by atoms with E-state index in [0.29, 0.717) is 10.3 Å². The molecule has 0 bridgehead atoms. The van der Waals surface area contributed by atoms with Crippen molar-refractivity contribution < 1.29 is 9.18 Å². The van der Waals surface area contributed by atoms with Crippen LogP contribution in [0.2, 0.25) is 0 Å². The van der Waals surface area contributed by atoms with Crippen molar-refractivity contribution in [2.75, 3.05) is 4.90 Å². The molecule has 1 unspecified atom stereocenters. The first-order valence-corrected chi connectivity index (χ1v) is 8.48. The van der Waals surface area contributed by atoms with Crippen molar-refractivity contribution in [1.82, 2.24) is 0 Å². The molecule has 0 aliphatic carbocycles. The van der Waals surface area contributed by atoms with Crippen LogP contribution in [-0.2, 0) is 6.42 Å². The third-order valence-electron chi connectivity index (χ3n) is 4.52. The van der Waals surface area contributed by atoms with Crippen molar-refractivity contribution in [3.63, 3.8) is 0 Å². The highest BCUT2D eigenvalue weighted by Gasteiger charge is 2.33. The first-order chi connectivity index (χ1) is 11.1. The number of thiophene rings is 1. The summed E-state index contributed by atoms with van der Waals surface area (Å²) >= 11 is 1.38. The monoisotopic (exact) mass is 325 g/mol. The van der Waals surface area contributed by atoms with Crippen molar-refractivity contribution in [3.05, 3.63) is 64.3 Å². The normalized spacial score (nSPS) is 16.8. The maximum Gasteiger partial charge on any atom is 0.268 e. The second kappa shape index (κ2) is 5.17. The van der Waals surface area contributed by atoms with Crippen LogP contribution in [0.4, 0.5) is 10.1 Å². The van der Waals surface area contributed by atoms with E-state index in [0.717, 1.165) is 22.4 Å². The molecule has 3 aromatic rings. The third kappa shape index (κ3) is 2.09. The van der Waals surface area contributed by atoms with E-state index in [1.165, 1.54) is 23.0 Å². The van der Waals surface area contributed by atoms with Crippen molar-refractivity contribution in [2.24, 2.45) is 0 Å². The van der Waals surface area contributed by atoms with Crippen molar-refractivity contribution in [2.45, 2.75) is 26.3 Å². The van der Waals surface area contributed by atoms with Gasteiger partial charge in [0.1, 0.15) is 5.82 Å². The van der Waals surface area contributed by atoms with Gasteiger partial charge in [0.2, 0.25) is 0 Å². The topological polar surface area (TPSA) is 20.3 Å². The third-order valence-corrected chi connectivity index (χ3v) is 5.77. The average Bonchev–Trinajstić information content (AvgIpc) is 3.04. The van der Waals surface area contributed by atoms with Crippen LogP contribution in [0.15, 0.2) is 42.5 Å². The maximum absolute atomic E-state index is 14.1. The second-order valence-electron chi connectivity index (χ2n) is 6.03. The van der Waals surface area contributed by atoms with Gasteiger partial charge in [0.05, 0.1) is 4.88 Å². The lowest BCUT2D eigenvalue weighted by Gasteiger charge is -2.22. The van der Waals surface area contributed by atoms with Crippen LogP contribution in [0.1, 0.15) is 27.7 Å². The second-order valence-corrected chi connectivity index (χ2v) is 7.08. The van der Waals surface area contributed by atoms with Crippen LogP contribution in [0.3, 0.4) is 0 Å². The highest BCUT2D eigenvalue weighted by Crippen LogP contribution is 2.38. The van der Waals surface area contributed by atoms with Gasteiger partial charge < -0.3 is 4.90 Å².